The Balaban J connectivity index is 2.13. The highest BCUT2D eigenvalue weighted by Gasteiger charge is 2.09. The standard InChI is InChI=1S/C13H9BrF2N2O2/c14-8-1-4-13(20)18(6-8)7-12(19)17-11-3-2-9(15)5-10(11)16/h1-6H,7H2,(H,17,19). The first-order valence-corrected chi connectivity index (χ1v) is 6.36. The van der Waals surface area contributed by atoms with Crippen molar-refractivity contribution in [1.29, 1.82) is 0 Å². The summed E-state index contributed by atoms with van der Waals surface area (Å²) >= 11 is 3.18. The second kappa shape index (κ2) is 5.96. The highest BCUT2D eigenvalue weighted by atomic mass is 79.9. The molecular formula is C13H9BrF2N2O2. The fraction of sp³-hybridized carbons (Fsp3) is 0.0769. The van der Waals surface area contributed by atoms with Crippen molar-refractivity contribution in [1.82, 2.24) is 4.57 Å². The highest BCUT2D eigenvalue weighted by molar-refractivity contribution is 9.10. The van der Waals surface area contributed by atoms with Gasteiger partial charge in [0, 0.05) is 22.8 Å². The molecule has 0 spiro atoms. The van der Waals surface area contributed by atoms with Crippen LogP contribution in [-0.2, 0) is 11.3 Å². The Morgan fingerprint density at radius 3 is 2.70 bits per heavy atom. The lowest BCUT2D eigenvalue weighted by atomic mass is 10.3. The first-order chi connectivity index (χ1) is 9.45. The lowest BCUT2D eigenvalue weighted by molar-refractivity contribution is -0.116. The number of anilines is 1. The van der Waals surface area contributed by atoms with Crippen LogP contribution in [0.4, 0.5) is 14.5 Å². The van der Waals surface area contributed by atoms with Gasteiger partial charge in [-0.3, -0.25) is 9.59 Å². The molecule has 1 amide bonds. The minimum absolute atomic E-state index is 0.139. The van der Waals surface area contributed by atoms with Crippen molar-refractivity contribution >= 4 is 27.5 Å². The zero-order valence-electron chi connectivity index (χ0n) is 10.1. The summed E-state index contributed by atoms with van der Waals surface area (Å²) in [7, 11) is 0. The molecule has 2 rings (SSSR count). The van der Waals surface area contributed by atoms with Gasteiger partial charge in [-0.2, -0.15) is 0 Å². The van der Waals surface area contributed by atoms with E-state index in [1.807, 2.05) is 0 Å². The van der Waals surface area contributed by atoms with Crippen LogP contribution in [0.1, 0.15) is 0 Å². The number of halogens is 3. The number of rotatable bonds is 3. The van der Waals surface area contributed by atoms with E-state index < -0.39 is 17.5 Å². The second-order valence-electron chi connectivity index (χ2n) is 3.99. The summed E-state index contributed by atoms with van der Waals surface area (Å²) in [4.78, 5) is 23.2. The molecule has 0 bridgehead atoms. The van der Waals surface area contributed by atoms with Gasteiger partial charge >= 0.3 is 0 Å². The summed E-state index contributed by atoms with van der Waals surface area (Å²) in [5.41, 5.74) is -0.498. The molecule has 1 heterocycles. The van der Waals surface area contributed by atoms with Gasteiger partial charge in [0.25, 0.3) is 5.56 Å². The van der Waals surface area contributed by atoms with Gasteiger partial charge < -0.3 is 9.88 Å². The summed E-state index contributed by atoms with van der Waals surface area (Å²) in [5.74, 6) is -2.20. The summed E-state index contributed by atoms with van der Waals surface area (Å²) in [6.45, 7) is -0.269. The van der Waals surface area contributed by atoms with Crippen molar-refractivity contribution in [3.05, 3.63) is 63.0 Å². The normalized spacial score (nSPS) is 10.3. The molecule has 0 saturated carbocycles. The molecule has 0 aliphatic carbocycles. The predicted octanol–water partition coefficient (Wildman–Crippen LogP) is 2.53. The molecule has 1 aromatic carbocycles. The number of pyridine rings is 1. The van der Waals surface area contributed by atoms with Crippen LogP contribution in [-0.4, -0.2) is 10.5 Å². The SMILES string of the molecule is O=C(Cn1cc(Br)ccc1=O)Nc1ccc(F)cc1F. The van der Waals surface area contributed by atoms with Crippen LogP contribution in [0.5, 0.6) is 0 Å². The zero-order valence-corrected chi connectivity index (χ0v) is 11.7. The molecule has 4 nitrogen and oxygen atoms in total. The summed E-state index contributed by atoms with van der Waals surface area (Å²) < 4.78 is 27.9. The third kappa shape index (κ3) is 3.51. The topological polar surface area (TPSA) is 51.1 Å². The molecule has 0 unspecified atom stereocenters. The lowest BCUT2D eigenvalue weighted by Crippen LogP contribution is -2.27. The van der Waals surface area contributed by atoms with E-state index in [1.54, 1.807) is 6.07 Å². The average molecular weight is 343 g/mol. The number of benzene rings is 1. The molecule has 2 aromatic rings. The van der Waals surface area contributed by atoms with E-state index >= 15 is 0 Å². The second-order valence-corrected chi connectivity index (χ2v) is 4.90. The van der Waals surface area contributed by atoms with E-state index in [0.29, 0.717) is 10.5 Å². The van der Waals surface area contributed by atoms with Gasteiger partial charge in [-0.1, -0.05) is 0 Å². The van der Waals surface area contributed by atoms with Crippen molar-refractivity contribution in [2.24, 2.45) is 0 Å². The Hall–Kier alpha value is -2.02. The maximum Gasteiger partial charge on any atom is 0.251 e. The molecular weight excluding hydrogens is 334 g/mol. The van der Waals surface area contributed by atoms with Gasteiger partial charge in [0.2, 0.25) is 5.91 Å². The highest BCUT2D eigenvalue weighted by Crippen LogP contribution is 2.14. The number of hydrogen-bond acceptors (Lipinski definition) is 2. The molecule has 0 aliphatic rings. The van der Waals surface area contributed by atoms with Crippen LogP contribution in [0.15, 0.2) is 45.8 Å². The van der Waals surface area contributed by atoms with E-state index in [1.165, 1.54) is 16.8 Å². The van der Waals surface area contributed by atoms with Crippen LogP contribution in [0.2, 0.25) is 0 Å². The third-order valence-electron chi connectivity index (χ3n) is 2.47. The van der Waals surface area contributed by atoms with Gasteiger partial charge in [-0.15, -0.1) is 0 Å². The van der Waals surface area contributed by atoms with Gasteiger partial charge in [0.05, 0.1) is 5.69 Å². The Morgan fingerprint density at radius 2 is 2.00 bits per heavy atom. The molecule has 1 aromatic heterocycles. The van der Waals surface area contributed by atoms with E-state index in [-0.39, 0.29) is 17.8 Å². The van der Waals surface area contributed by atoms with Crippen LogP contribution in [0.25, 0.3) is 0 Å². The molecule has 0 atom stereocenters. The number of carbonyl (C=O) groups is 1. The fourth-order valence-corrected chi connectivity index (χ4v) is 1.94. The molecule has 104 valence electrons. The molecule has 0 saturated heterocycles. The van der Waals surface area contributed by atoms with Crippen LogP contribution in [0, 0.1) is 11.6 Å². The van der Waals surface area contributed by atoms with Crippen LogP contribution < -0.4 is 10.9 Å². The number of nitrogens with one attached hydrogen (secondary N) is 1. The predicted molar refractivity (Wildman–Crippen MR) is 73.4 cm³/mol. The van der Waals surface area contributed by atoms with Crippen molar-refractivity contribution in [2.75, 3.05) is 5.32 Å². The largest absolute Gasteiger partial charge is 0.322 e. The molecule has 0 radical (unpaired) electrons. The molecule has 0 fully saturated rings. The number of hydrogen-bond donors (Lipinski definition) is 1. The first kappa shape index (κ1) is 14.4. The fourth-order valence-electron chi connectivity index (χ4n) is 1.56. The Bertz CT molecular complexity index is 716. The Labute approximate surface area is 121 Å². The van der Waals surface area contributed by atoms with E-state index in [2.05, 4.69) is 21.2 Å². The summed E-state index contributed by atoms with van der Waals surface area (Å²) in [5, 5.41) is 2.28. The number of nitrogens with zero attached hydrogens (tertiary/aromatic N) is 1. The van der Waals surface area contributed by atoms with Gasteiger partial charge in [-0.05, 0) is 34.1 Å². The third-order valence-corrected chi connectivity index (χ3v) is 2.94. The summed E-state index contributed by atoms with van der Waals surface area (Å²) in [6, 6.07) is 5.67. The van der Waals surface area contributed by atoms with E-state index in [4.69, 9.17) is 0 Å². The Kier molecular flexibility index (Phi) is 4.29. The molecule has 1 N–H and O–H groups in total. The quantitative estimate of drug-likeness (QED) is 0.931. The molecule has 20 heavy (non-hydrogen) atoms. The van der Waals surface area contributed by atoms with E-state index in [9.17, 15) is 18.4 Å². The van der Waals surface area contributed by atoms with Crippen molar-refractivity contribution in [2.45, 2.75) is 6.54 Å². The van der Waals surface area contributed by atoms with Crippen LogP contribution >= 0.6 is 15.9 Å². The van der Waals surface area contributed by atoms with Gasteiger partial charge in [0.15, 0.2) is 0 Å². The number of amides is 1. The monoisotopic (exact) mass is 342 g/mol. The average Bonchev–Trinajstić information content (AvgIpc) is 2.37. The minimum Gasteiger partial charge on any atom is -0.322 e. The zero-order chi connectivity index (χ0) is 14.7. The number of aromatic nitrogens is 1. The lowest BCUT2D eigenvalue weighted by Gasteiger charge is -2.08. The van der Waals surface area contributed by atoms with Crippen LogP contribution in [0.3, 0.4) is 0 Å². The minimum atomic E-state index is -0.875. The van der Waals surface area contributed by atoms with Crippen molar-refractivity contribution in [3.63, 3.8) is 0 Å². The van der Waals surface area contributed by atoms with Gasteiger partial charge in [-0.25, -0.2) is 8.78 Å². The summed E-state index contributed by atoms with van der Waals surface area (Å²) in [6.07, 6.45) is 1.45. The maximum atomic E-state index is 13.4. The maximum absolute atomic E-state index is 13.4. The molecule has 7 heteroatoms. The van der Waals surface area contributed by atoms with Gasteiger partial charge in [0.1, 0.15) is 18.2 Å². The number of carbonyl (C=O) groups excluding carboxylic acids is 1. The molecule has 0 aliphatic heterocycles. The van der Waals surface area contributed by atoms with Crippen molar-refractivity contribution < 1.29 is 13.6 Å². The smallest absolute Gasteiger partial charge is 0.251 e. The Morgan fingerprint density at radius 1 is 1.25 bits per heavy atom. The van der Waals surface area contributed by atoms with Crippen molar-refractivity contribution in [3.8, 4) is 0 Å². The first-order valence-electron chi connectivity index (χ1n) is 5.56. The van der Waals surface area contributed by atoms with E-state index in [0.717, 1.165) is 12.1 Å².